The average Bonchev–Trinajstić information content (AvgIpc) is 3.42. The normalized spacial score (nSPS) is 14.6. The quantitative estimate of drug-likeness (QED) is 0.582. The number of hydrogen-bond donors (Lipinski definition) is 1. The largest absolute Gasteiger partial charge is 0.447 e. The number of amides is 1. The van der Waals surface area contributed by atoms with Gasteiger partial charge in [0.05, 0.1) is 15.2 Å². The summed E-state index contributed by atoms with van der Waals surface area (Å²) in [4.78, 5) is 29.5. The van der Waals surface area contributed by atoms with Crippen LogP contribution in [0, 0.1) is 0 Å². The number of fused-ring (bicyclic) bond motifs is 1. The van der Waals surface area contributed by atoms with E-state index >= 15 is 0 Å². The zero-order valence-corrected chi connectivity index (χ0v) is 16.3. The predicted molar refractivity (Wildman–Crippen MR) is 109 cm³/mol. The van der Waals surface area contributed by atoms with Crippen LogP contribution >= 0.6 is 11.3 Å². The lowest BCUT2D eigenvalue weighted by Gasteiger charge is -2.18. The Morgan fingerprint density at radius 1 is 1.11 bits per heavy atom. The molecule has 1 amide bonds. The summed E-state index contributed by atoms with van der Waals surface area (Å²) < 4.78 is 6.71. The molecule has 0 bridgehead atoms. The molecular formula is C22H22N2O3S. The van der Waals surface area contributed by atoms with Gasteiger partial charge in [-0.1, -0.05) is 42.5 Å². The van der Waals surface area contributed by atoms with E-state index in [0.717, 1.165) is 34.5 Å². The van der Waals surface area contributed by atoms with Gasteiger partial charge in [0.2, 0.25) is 6.10 Å². The van der Waals surface area contributed by atoms with Crippen LogP contribution in [0.15, 0.2) is 54.6 Å². The van der Waals surface area contributed by atoms with Crippen molar-refractivity contribution in [1.82, 2.24) is 10.3 Å². The number of aryl methyl sites for hydroxylation is 1. The van der Waals surface area contributed by atoms with Gasteiger partial charge in [0.1, 0.15) is 0 Å². The standard InChI is InChI=1S/C22H22N2O3S/c25-20(12-6-11-19-24-17-9-4-5-10-18(17)28-19)27-21(15-7-2-1-3-8-15)22(26)23-16-13-14-16/h1-5,7-10,16,21H,6,11-14H2,(H,23,26)/t21-/m0/s1. The number of aromatic nitrogens is 1. The summed E-state index contributed by atoms with van der Waals surface area (Å²) in [5.41, 5.74) is 1.69. The van der Waals surface area contributed by atoms with Gasteiger partial charge < -0.3 is 10.1 Å². The van der Waals surface area contributed by atoms with Crippen molar-refractivity contribution in [2.75, 3.05) is 0 Å². The first-order valence-electron chi connectivity index (χ1n) is 9.58. The molecule has 4 rings (SSSR count). The number of benzene rings is 2. The van der Waals surface area contributed by atoms with Crippen LogP contribution in [0.3, 0.4) is 0 Å². The Balaban J connectivity index is 1.33. The van der Waals surface area contributed by atoms with Crippen molar-refractivity contribution in [2.45, 2.75) is 44.2 Å². The van der Waals surface area contributed by atoms with Crippen molar-refractivity contribution >= 4 is 33.4 Å². The molecule has 1 N–H and O–H groups in total. The number of thiazole rings is 1. The van der Waals surface area contributed by atoms with Gasteiger partial charge in [0.15, 0.2) is 0 Å². The van der Waals surface area contributed by atoms with Crippen LogP contribution in [0.4, 0.5) is 0 Å². The number of rotatable bonds is 8. The fourth-order valence-corrected chi connectivity index (χ4v) is 4.02. The van der Waals surface area contributed by atoms with E-state index in [1.54, 1.807) is 11.3 Å². The number of carbonyl (C=O) groups is 2. The van der Waals surface area contributed by atoms with Crippen LogP contribution in [0.25, 0.3) is 10.2 Å². The Kier molecular flexibility index (Phi) is 5.67. The first-order chi connectivity index (χ1) is 13.7. The summed E-state index contributed by atoms with van der Waals surface area (Å²) in [6, 6.07) is 17.4. The van der Waals surface area contributed by atoms with E-state index in [0.29, 0.717) is 12.0 Å². The Hall–Kier alpha value is -2.73. The third kappa shape index (κ3) is 4.75. The van der Waals surface area contributed by atoms with Gasteiger partial charge in [-0.05, 0) is 37.8 Å². The third-order valence-corrected chi connectivity index (χ3v) is 5.72. The molecule has 0 radical (unpaired) electrons. The molecule has 0 spiro atoms. The smallest absolute Gasteiger partial charge is 0.306 e. The molecule has 0 unspecified atom stereocenters. The molecule has 0 saturated heterocycles. The molecule has 1 aliphatic carbocycles. The second-order valence-electron chi connectivity index (χ2n) is 6.99. The second kappa shape index (κ2) is 8.52. The van der Waals surface area contributed by atoms with E-state index in [2.05, 4.69) is 10.3 Å². The number of carbonyl (C=O) groups excluding carboxylic acids is 2. The topological polar surface area (TPSA) is 68.3 Å². The first-order valence-corrected chi connectivity index (χ1v) is 10.4. The minimum atomic E-state index is -0.892. The van der Waals surface area contributed by atoms with Crippen LogP contribution in [0.2, 0.25) is 0 Å². The van der Waals surface area contributed by atoms with Gasteiger partial charge in [0.25, 0.3) is 5.91 Å². The molecule has 1 fully saturated rings. The molecule has 1 aromatic heterocycles. The number of para-hydroxylation sites is 1. The van der Waals surface area contributed by atoms with Crippen molar-refractivity contribution in [3.63, 3.8) is 0 Å². The van der Waals surface area contributed by atoms with E-state index in [1.165, 1.54) is 0 Å². The summed E-state index contributed by atoms with van der Waals surface area (Å²) >= 11 is 1.65. The number of nitrogens with one attached hydrogen (secondary N) is 1. The number of hydrogen-bond acceptors (Lipinski definition) is 5. The van der Waals surface area contributed by atoms with Gasteiger partial charge in [-0.2, -0.15) is 0 Å². The SMILES string of the molecule is O=C(CCCc1nc2ccccc2s1)O[C@H](C(=O)NC1CC1)c1ccccc1. The number of esters is 1. The molecule has 5 nitrogen and oxygen atoms in total. The lowest BCUT2D eigenvalue weighted by Crippen LogP contribution is -2.33. The Morgan fingerprint density at radius 3 is 2.61 bits per heavy atom. The van der Waals surface area contributed by atoms with Gasteiger partial charge in [-0.25, -0.2) is 4.98 Å². The molecular weight excluding hydrogens is 372 g/mol. The van der Waals surface area contributed by atoms with Crippen LogP contribution in [-0.4, -0.2) is 22.9 Å². The summed E-state index contributed by atoms with van der Waals surface area (Å²) in [5, 5.41) is 3.94. The molecule has 28 heavy (non-hydrogen) atoms. The maximum Gasteiger partial charge on any atom is 0.306 e. The summed E-state index contributed by atoms with van der Waals surface area (Å²) in [6.45, 7) is 0. The minimum Gasteiger partial charge on any atom is -0.447 e. The molecule has 1 heterocycles. The molecule has 144 valence electrons. The molecule has 1 saturated carbocycles. The van der Waals surface area contributed by atoms with E-state index in [1.807, 2.05) is 54.6 Å². The van der Waals surface area contributed by atoms with Crippen molar-refractivity contribution < 1.29 is 14.3 Å². The van der Waals surface area contributed by atoms with Crippen molar-refractivity contribution in [3.8, 4) is 0 Å². The van der Waals surface area contributed by atoms with E-state index < -0.39 is 6.10 Å². The zero-order chi connectivity index (χ0) is 19.3. The third-order valence-electron chi connectivity index (χ3n) is 4.62. The summed E-state index contributed by atoms with van der Waals surface area (Å²) in [5.74, 6) is -0.603. The Bertz CT molecular complexity index is 933. The van der Waals surface area contributed by atoms with Gasteiger partial charge in [0, 0.05) is 18.0 Å². The molecule has 0 aliphatic heterocycles. The Morgan fingerprint density at radius 2 is 1.86 bits per heavy atom. The van der Waals surface area contributed by atoms with E-state index in [-0.39, 0.29) is 24.3 Å². The Labute approximate surface area is 167 Å². The van der Waals surface area contributed by atoms with Crippen molar-refractivity contribution in [1.29, 1.82) is 0 Å². The lowest BCUT2D eigenvalue weighted by molar-refractivity contribution is -0.156. The molecule has 1 atom stereocenters. The fourth-order valence-electron chi connectivity index (χ4n) is 3.01. The highest BCUT2D eigenvalue weighted by Crippen LogP contribution is 2.25. The molecule has 2 aromatic carbocycles. The van der Waals surface area contributed by atoms with Crippen LogP contribution in [-0.2, 0) is 20.7 Å². The highest BCUT2D eigenvalue weighted by molar-refractivity contribution is 7.18. The lowest BCUT2D eigenvalue weighted by atomic mass is 10.1. The first kappa shape index (κ1) is 18.6. The average molecular weight is 394 g/mol. The maximum atomic E-state index is 12.5. The zero-order valence-electron chi connectivity index (χ0n) is 15.5. The molecule has 3 aromatic rings. The summed E-state index contributed by atoms with van der Waals surface area (Å²) in [7, 11) is 0. The minimum absolute atomic E-state index is 0.219. The van der Waals surface area contributed by atoms with E-state index in [9.17, 15) is 9.59 Å². The highest BCUT2D eigenvalue weighted by atomic mass is 32.1. The second-order valence-corrected chi connectivity index (χ2v) is 8.11. The fraction of sp³-hybridized carbons (Fsp3) is 0.318. The molecule has 1 aliphatic rings. The maximum absolute atomic E-state index is 12.5. The number of nitrogens with zero attached hydrogens (tertiary/aromatic N) is 1. The van der Waals surface area contributed by atoms with Crippen molar-refractivity contribution in [2.24, 2.45) is 0 Å². The van der Waals surface area contributed by atoms with E-state index in [4.69, 9.17) is 4.74 Å². The van der Waals surface area contributed by atoms with Crippen LogP contribution < -0.4 is 5.32 Å². The highest BCUT2D eigenvalue weighted by Gasteiger charge is 2.30. The van der Waals surface area contributed by atoms with Crippen LogP contribution in [0.5, 0.6) is 0 Å². The monoisotopic (exact) mass is 394 g/mol. The number of ether oxygens (including phenoxy) is 1. The molecule has 6 heteroatoms. The van der Waals surface area contributed by atoms with Crippen molar-refractivity contribution in [3.05, 3.63) is 65.2 Å². The van der Waals surface area contributed by atoms with Crippen LogP contribution in [0.1, 0.15) is 42.4 Å². The van der Waals surface area contributed by atoms with Gasteiger partial charge in [-0.3, -0.25) is 9.59 Å². The summed E-state index contributed by atoms with van der Waals surface area (Å²) in [6.07, 6.45) is 2.71. The van der Waals surface area contributed by atoms with Gasteiger partial charge in [-0.15, -0.1) is 11.3 Å². The van der Waals surface area contributed by atoms with Gasteiger partial charge >= 0.3 is 5.97 Å². The predicted octanol–water partition coefficient (Wildman–Crippen LogP) is 4.18.